The van der Waals surface area contributed by atoms with E-state index in [1.807, 2.05) is 12.1 Å². The smallest absolute Gasteiger partial charge is 0.410 e. The van der Waals surface area contributed by atoms with Gasteiger partial charge in [-0.05, 0) is 67.1 Å². The van der Waals surface area contributed by atoms with Gasteiger partial charge in [-0.15, -0.1) is 0 Å². The minimum atomic E-state index is -4.36. The second kappa shape index (κ2) is 17.2. The van der Waals surface area contributed by atoms with Gasteiger partial charge in [0.1, 0.15) is 29.8 Å². The predicted molar refractivity (Wildman–Crippen MR) is 206 cm³/mol. The van der Waals surface area contributed by atoms with Crippen molar-refractivity contribution in [3.63, 3.8) is 0 Å². The lowest BCUT2D eigenvalue weighted by Crippen LogP contribution is -2.58. The number of nitrogens with one attached hydrogen (secondary N) is 3. The molecule has 0 radical (unpaired) electrons. The van der Waals surface area contributed by atoms with Crippen LogP contribution in [0.1, 0.15) is 68.9 Å². The summed E-state index contributed by atoms with van der Waals surface area (Å²) in [5, 5.41) is 6.36. The highest BCUT2D eigenvalue weighted by atomic mass is 35.5. The van der Waals surface area contributed by atoms with E-state index < -0.39 is 69.6 Å². The number of hydrogen-bond acceptors (Lipinski definition) is 10. The molecule has 7 rings (SSSR count). The summed E-state index contributed by atoms with van der Waals surface area (Å²) in [6.45, 7) is 1.21. The molecule has 1 aliphatic carbocycles. The normalized spacial score (nSPS) is 27.4. The number of amides is 5. The van der Waals surface area contributed by atoms with E-state index in [4.69, 9.17) is 37.4 Å². The number of halogens is 2. The molecule has 5 aliphatic rings. The van der Waals surface area contributed by atoms with E-state index in [0.29, 0.717) is 55.4 Å². The maximum absolute atomic E-state index is 14.5. The minimum absolute atomic E-state index is 0.108. The zero-order valence-corrected chi connectivity index (χ0v) is 33.5. The van der Waals surface area contributed by atoms with Crippen LogP contribution in [0, 0.1) is 5.92 Å². The summed E-state index contributed by atoms with van der Waals surface area (Å²) < 4.78 is 45.6. The fraction of sp³-hybridized carbons (Fsp3) is 0.513. The molecule has 57 heavy (non-hydrogen) atoms. The van der Waals surface area contributed by atoms with Crippen LogP contribution in [-0.2, 0) is 51.7 Å². The monoisotopic (exact) mass is 845 g/mol. The molecule has 2 aromatic carbocycles. The molecule has 1 saturated carbocycles. The summed E-state index contributed by atoms with van der Waals surface area (Å²) in [6.07, 6.45) is 4.90. The average molecular weight is 847 g/mol. The Kier molecular flexibility index (Phi) is 12.3. The molecule has 4 aliphatic heterocycles. The van der Waals surface area contributed by atoms with Crippen molar-refractivity contribution in [2.24, 2.45) is 5.92 Å². The number of hydrogen-bond donors (Lipinski definition) is 3. The molecular weight excluding hydrogens is 801 g/mol. The Labute approximate surface area is 340 Å². The van der Waals surface area contributed by atoms with Gasteiger partial charge in [0, 0.05) is 41.8 Å². The van der Waals surface area contributed by atoms with Crippen LogP contribution in [0.3, 0.4) is 0 Å². The number of carbonyl (C=O) groups is 5. The predicted octanol–water partition coefficient (Wildman–Crippen LogP) is 4.59. The van der Waals surface area contributed by atoms with Gasteiger partial charge in [0.25, 0.3) is 15.9 Å². The molecule has 0 aromatic heterocycles. The van der Waals surface area contributed by atoms with Crippen molar-refractivity contribution in [2.45, 2.75) is 106 Å². The van der Waals surface area contributed by atoms with Crippen molar-refractivity contribution in [3.05, 3.63) is 75.8 Å². The van der Waals surface area contributed by atoms with E-state index in [-0.39, 0.29) is 49.9 Å². The van der Waals surface area contributed by atoms with Crippen molar-refractivity contribution >= 4 is 63.1 Å². The summed E-state index contributed by atoms with van der Waals surface area (Å²) in [5.74, 6) is -2.80. The minimum Gasteiger partial charge on any atom is -0.446 e. The molecule has 0 bridgehead atoms. The van der Waals surface area contributed by atoms with Gasteiger partial charge in [-0.25, -0.2) is 22.7 Å². The highest BCUT2D eigenvalue weighted by molar-refractivity contribution is 7.90. The van der Waals surface area contributed by atoms with Crippen LogP contribution in [0.4, 0.5) is 9.59 Å². The number of fused-ring (bicyclic) bond motifs is 3. The number of benzene rings is 2. The number of allylic oxidation sites excluding steroid dienone is 1. The highest BCUT2D eigenvalue weighted by Crippen LogP contribution is 2.46. The Morgan fingerprint density at radius 3 is 2.46 bits per heavy atom. The molecule has 0 spiro atoms. The molecule has 3 N–H and O–H groups in total. The number of sulfonamides is 1. The maximum atomic E-state index is 14.5. The van der Waals surface area contributed by atoms with Crippen LogP contribution >= 0.6 is 23.2 Å². The van der Waals surface area contributed by atoms with Gasteiger partial charge in [-0.2, -0.15) is 0 Å². The van der Waals surface area contributed by atoms with Crippen LogP contribution in [0.5, 0.6) is 0 Å². The summed E-state index contributed by atoms with van der Waals surface area (Å²) in [4.78, 5) is 72.0. The maximum Gasteiger partial charge on any atom is 0.410 e. The molecule has 0 unspecified atom stereocenters. The van der Waals surface area contributed by atoms with E-state index >= 15 is 0 Å². The number of rotatable bonds is 6. The number of ether oxygens (including phenoxy) is 3. The van der Waals surface area contributed by atoms with Gasteiger partial charge < -0.3 is 29.7 Å². The SMILES string of the molecule is O=C(N[C@H]1CCCCC/C=C\[C@H]2C[C@@]2(C(=O)NS(=O)(=O)c2ccc(Cl)cc2)NC(=O)[C@@H]2C[C@@H](OC(=O)N3Cc4cccc(Cl)c4C3)CN2C1=O)OC1CCOCC1. The largest absolute Gasteiger partial charge is 0.446 e. The first-order valence-corrected chi connectivity index (χ1v) is 21.5. The van der Waals surface area contributed by atoms with Crippen LogP contribution in [-0.4, -0.2) is 97.7 Å². The average Bonchev–Trinajstić information content (AvgIpc) is 3.46. The first kappa shape index (κ1) is 40.8. The van der Waals surface area contributed by atoms with Crippen LogP contribution in [0.2, 0.25) is 10.0 Å². The molecular formula is C39H45Cl2N5O10S. The Bertz CT molecular complexity index is 2030. The topological polar surface area (TPSA) is 190 Å². The Balaban J connectivity index is 1.13. The van der Waals surface area contributed by atoms with Crippen LogP contribution in [0.25, 0.3) is 0 Å². The Morgan fingerprint density at radius 1 is 0.930 bits per heavy atom. The van der Waals surface area contributed by atoms with Gasteiger partial charge in [0.15, 0.2) is 0 Å². The van der Waals surface area contributed by atoms with E-state index in [0.717, 1.165) is 17.5 Å². The van der Waals surface area contributed by atoms with Crippen LogP contribution in [0.15, 0.2) is 59.5 Å². The third-order valence-electron chi connectivity index (χ3n) is 11.2. The fourth-order valence-corrected chi connectivity index (χ4v) is 9.32. The molecule has 5 atom stereocenters. The molecule has 306 valence electrons. The lowest BCUT2D eigenvalue weighted by atomic mass is 10.0. The number of alkyl carbamates (subject to hydrolysis) is 1. The third kappa shape index (κ3) is 9.35. The second-order valence-corrected chi connectivity index (χ2v) is 17.6. The summed E-state index contributed by atoms with van der Waals surface area (Å²) >= 11 is 12.3. The molecule has 15 nitrogen and oxygen atoms in total. The Hall–Kier alpha value is -4.38. The lowest BCUT2D eigenvalue weighted by Gasteiger charge is -2.30. The molecule has 5 amide bonds. The van der Waals surface area contributed by atoms with Gasteiger partial charge in [0.05, 0.1) is 31.2 Å². The lowest BCUT2D eigenvalue weighted by molar-refractivity contribution is -0.141. The van der Waals surface area contributed by atoms with Crippen LogP contribution < -0.4 is 15.4 Å². The second-order valence-electron chi connectivity index (χ2n) is 15.1. The fourth-order valence-electron chi connectivity index (χ4n) is 7.90. The molecule has 2 saturated heterocycles. The molecule has 18 heteroatoms. The third-order valence-corrected chi connectivity index (χ3v) is 13.1. The number of carbonyl (C=O) groups excluding carboxylic acids is 5. The summed E-state index contributed by atoms with van der Waals surface area (Å²) in [7, 11) is -4.36. The van der Waals surface area contributed by atoms with Crippen molar-refractivity contribution in [3.8, 4) is 0 Å². The van der Waals surface area contributed by atoms with Crippen molar-refractivity contribution < 1.29 is 46.6 Å². The quantitative estimate of drug-likeness (QED) is 0.347. The molecule has 3 fully saturated rings. The zero-order valence-electron chi connectivity index (χ0n) is 31.1. The van der Waals surface area contributed by atoms with E-state index in [9.17, 15) is 32.4 Å². The standard InChI is InChI=1S/C39H45Cl2N5O10S/c40-26-11-13-29(14-12-26)57(52,53)44-36(49)39-20-25(39)8-4-2-1-3-5-10-32(42-37(50)55-27-15-17-54-18-16-27)35(48)46-22-28(19-33(46)34(47)43-39)56-38(51)45-21-24-7-6-9-31(41)30(24)23-45/h4,6-9,11-14,25,27-28,32-33H,1-3,5,10,15-23H2,(H,42,50)(H,43,47)(H,44,49)/b8-4-/t25-,28+,32-,33-,39+/m0/s1. The molecule has 2 aromatic rings. The first-order valence-electron chi connectivity index (χ1n) is 19.2. The zero-order chi connectivity index (χ0) is 40.3. The Morgan fingerprint density at radius 2 is 1.70 bits per heavy atom. The number of nitrogens with zero attached hydrogens (tertiary/aromatic N) is 2. The van der Waals surface area contributed by atoms with E-state index in [1.165, 1.54) is 34.1 Å². The van der Waals surface area contributed by atoms with Gasteiger partial charge in [-0.3, -0.25) is 19.3 Å². The van der Waals surface area contributed by atoms with Gasteiger partial charge in [-0.1, -0.05) is 60.3 Å². The van der Waals surface area contributed by atoms with Crippen molar-refractivity contribution in [1.29, 1.82) is 0 Å². The van der Waals surface area contributed by atoms with E-state index in [1.54, 1.807) is 18.2 Å². The molecule has 4 heterocycles. The van der Waals surface area contributed by atoms with Crippen molar-refractivity contribution in [1.82, 2.24) is 25.2 Å². The highest BCUT2D eigenvalue weighted by Gasteiger charge is 2.61. The summed E-state index contributed by atoms with van der Waals surface area (Å²) in [5.41, 5.74) is 0.0352. The first-order chi connectivity index (χ1) is 27.3. The van der Waals surface area contributed by atoms with Gasteiger partial charge >= 0.3 is 12.2 Å². The summed E-state index contributed by atoms with van der Waals surface area (Å²) in [6, 6.07) is 8.38. The van der Waals surface area contributed by atoms with Gasteiger partial charge in [0.2, 0.25) is 11.8 Å². The van der Waals surface area contributed by atoms with E-state index in [2.05, 4.69) is 15.4 Å². The van der Waals surface area contributed by atoms with Crippen molar-refractivity contribution in [2.75, 3.05) is 19.8 Å².